The van der Waals surface area contributed by atoms with Crippen molar-refractivity contribution in [3.63, 3.8) is 0 Å². The van der Waals surface area contributed by atoms with E-state index in [4.69, 9.17) is 0 Å². The molecule has 6 nitrogen and oxygen atoms in total. The number of aromatic nitrogens is 1. The van der Waals surface area contributed by atoms with Gasteiger partial charge in [-0.1, -0.05) is 30.3 Å². The summed E-state index contributed by atoms with van der Waals surface area (Å²) >= 11 is 0. The number of rotatable bonds is 6. The molecule has 0 aliphatic rings. The van der Waals surface area contributed by atoms with Crippen LogP contribution in [0.3, 0.4) is 0 Å². The predicted molar refractivity (Wildman–Crippen MR) is 106 cm³/mol. The molecule has 0 unspecified atom stereocenters. The summed E-state index contributed by atoms with van der Waals surface area (Å²) in [6.07, 6.45) is 1.35. The summed E-state index contributed by atoms with van der Waals surface area (Å²) in [5, 5.41) is 5.27. The molecule has 2 amide bonds. The minimum Gasteiger partial charge on any atom is -0.348 e. The van der Waals surface area contributed by atoms with Gasteiger partial charge in [-0.3, -0.25) is 19.4 Å². The average Bonchev–Trinajstić information content (AvgIpc) is 2.73. The first-order valence-electron chi connectivity index (χ1n) is 8.84. The van der Waals surface area contributed by atoms with E-state index in [0.717, 1.165) is 0 Å². The summed E-state index contributed by atoms with van der Waals surface area (Å²) in [7, 11) is 0. The number of benzene rings is 2. The Morgan fingerprint density at radius 3 is 2.48 bits per heavy atom. The van der Waals surface area contributed by atoms with Crippen molar-refractivity contribution >= 4 is 23.3 Å². The molecule has 0 aliphatic carbocycles. The fourth-order valence-electron chi connectivity index (χ4n) is 2.63. The maximum atomic E-state index is 13.7. The number of amides is 2. The lowest BCUT2D eigenvalue weighted by molar-refractivity contribution is 0.0949. The molecule has 0 bridgehead atoms. The van der Waals surface area contributed by atoms with Crippen molar-refractivity contribution in [1.82, 2.24) is 10.3 Å². The number of halogens is 1. The SMILES string of the molecule is CC(=O)c1cccc(NC(=O)c2cc(C(=O)NCc3ccccc3F)ccn2)c1. The van der Waals surface area contributed by atoms with Crippen LogP contribution in [0.5, 0.6) is 0 Å². The molecule has 0 aliphatic heterocycles. The van der Waals surface area contributed by atoms with Gasteiger partial charge < -0.3 is 10.6 Å². The van der Waals surface area contributed by atoms with Gasteiger partial charge >= 0.3 is 0 Å². The molecule has 0 saturated carbocycles. The van der Waals surface area contributed by atoms with Crippen LogP contribution in [0.1, 0.15) is 43.7 Å². The lowest BCUT2D eigenvalue weighted by atomic mass is 10.1. The molecule has 29 heavy (non-hydrogen) atoms. The molecule has 1 aromatic heterocycles. The molecule has 146 valence electrons. The fourth-order valence-corrected chi connectivity index (χ4v) is 2.63. The number of Topliss-reactive ketones (excluding diaryl/α,β-unsaturated/α-hetero) is 1. The normalized spacial score (nSPS) is 10.3. The minimum absolute atomic E-state index is 0.0210. The van der Waals surface area contributed by atoms with E-state index in [1.807, 2.05) is 0 Å². The number of pyridine rings is 1. The lowest BCUT2D eigenvalue weighted by Gasteiger charge is -2.08. The van der Waals surface area contributed by atoms with Crippen molar-refractivity contribution in [2.45, 2.75) is 13.5 Å². The third-order valence-electron chi connectivity index (χ3n) is 4.18. The van der Waals surface area contributed by atoms with Crippen LogP contribution in [0.25, 0.3) is 0 Å². The van der Waals surface area contributed by atoms with Gasteiger partial charge in [0.15, 0.2) is 5.78 Å². The van der Waals surface area contributed by atoms with Crippen molar-refractivity contribution in [3.8, 4) is 0 Å². The van der Waals surface area contributed by atoms with Gasteiger partial charge in [0.2, 0.25) is 0 Å². The van der Waals surface area contributed by atoms with Crippen LogP contribution in [0.4, 0.5) is 10.1 Å². The number of ketones is 1. The van der Waals surface area contributed by atoms with E-state index in [9.17, 15) is 18.8 Å². The van der Waals surface area contributed by atoms with E-state index in [2.05, 4.69) is 15.6 Å². The Hall–Kier alpha value is -3.87. The monoisotopic (exact) mass is 391 g/mol. The number of carbonyl (C=O) groups is 3. The highest BCUT2D eigenvalue weighted by Crippen LogP contribution is 2.13. The topological polar surface area (TPSA) is 88.2 Å². The van der Waals surface area contributed by atoms with Crippen LogP contribution in [-0.4, -0.2) is 22.6 Å². The smallest absolute Gasteiger partial charge is 0.274 e. The second-order valence-corrected chi connectivity index (χ2v) is 6.29. The molecule has 3 aromatic rings. The van der Waals surface area contributed by atoms with E-state index < -0.39 is 17.6 Å². The molecule has 1 heterocycles. The lowest BCUT2D eigenvalue weighted by Crippen LogP contribution is -2.24. The zero-order chi connectivity index (χ0) is 20.8. The number of hydrogen-bond acceptors (Lipinski definition) is 4. The van der Waals surface area contributed by atoms with Crippen LogP contribution < -0.4 is 10.6 Å². The molecule has 0 fully saturated rings. The van der Waals surface area contributed by atoms with Gasteiger partial charge in [0.25, 0.3) is 11.8 Å². The molecule has 0 atom stereocenters. The van der Waals surface area contributed by atoms with Crippen LogP contribution >= 0.6 is 0 Å². The van der Waals surface area contributed by atoms with E-state index in [0.29, 0.717) is 16.8 Å². The van der Waals surface area contributed by atoms with E-state index in [1.165, 1.54) is 31.3 Å². The summed E-state index contributed by atoms with van der Waals surface area (Å²) in [4.78, 5) is 40.3. The molecule has 2 N–H and O–H groups in total. The summed E-state index contributed by atoms with van der Waals surface area (Å²) in [5.74, 6) is -1.50. The molecule has 3 rings (SSSR count). The largest absolute Gasteiger partial charge is 0.348 e. The average molecular weight is 391 g/mol. The molecule has 0 radical (unpaired) electrons. The maximum absolute atomic E-state index is 13.7. The number of nitrogens with one attached hydrogen (secondary N) is 2. The summed E-state index contributed by atoms with van der Waals surface area (Å²) in [6.45, 7) is 1.46. The zero-order valence-corrected chi connectivity index (χ0v) is 15.6. The predicted octanol–water partition coefficient (Wildman–Crippen LogP) is 3.61. The molecular weight excluding hydrogens is 373 g/mol. The number of anilines is 1. The van der Waals surface area contributed by atoms with E-state index in [-0.39, 0.29) is 23.6 Å². The Balaban J connectivity index is 1.69. The standard InChI is InChI=1S/C22H18FN3O3/c1-14(27)15-6-4-7-18(11-15)26-22(29)20-12-16(9-10-24-20)21(28)25-13-17-5-2-3-8-19(17)23/h2-12H,13H2,1H3,(H,25,28)(H,26,29). The van der Waals surface area contributed by atoms with Gasteiger partial charge in [-0.2, -0.15) is 0 Å². The van der Waals surface area contributed by atoms with Crippen molar-refractivity contribution < 1.29 is 18.8 Å². The first kappa shape index (κ1) is 19.9. The number of carbonyl (C=O) groups excluding carboxylic acids is 3. The summed E-state index contributed by atoms with van der Waals surface area (Å²) in [6, 6.07) is 15.5. The van der Waals surface area contributed by atoms with Gasteiger partial charge in [0, 0.05) is 35.1 Å². The zero-order valence-electron chi connectivity index (χ0n) is 15.6. The van der Waals surface area contributed by atoms with Crippen LogP contribution in [0, 0.1) is 5.82 Å². The van der Waals surface area contributed by atoms with Gasteiger partial charge in [-0.15, -0.1) is 0 Å². The summed E-state index contributed by atoms with van der Waals surface area (Å²) in [5.41, 5.74) is 1.53. The second kappa shape index (κ2) is 8.88. The molecule has 0 spiro atoms. The van der Waals surface area contributed by atoms with Crippen molar-refractivity contribution in [2.24, 2.45) is 0 Å². The maximum Gasteiger partial charge on any atom is 0.274 e. The first-order chi connectivity index (χ1) is 13.9. The quantitative estimate of drug-likeness (QED) is 0.629. The highest BCUT2D eigenvalue weighted by atomic mass is 19.1. The van der Waals surface area contributed by atoms with Gasteiger partial charge in [0.1, 0.15) is 11.5 Å². The van der Waals surface area contributed by atoms with Crippen LogP contribution in [-0.2, 0) is 6.54 Å². The number of hydrogen-bond donors (Lipinski definition) is 2. The Labute approximate surface area is 166 Å². The van der Waals surface area contributed by atoms with Crippen molar-refractivity contribution in [3.05, 3.63) is 95.1 Å². The number of nitrogens with zero attached hydrogens (tertiary/aromatic N) is 1. The molecule has 7 heteroatoms. The van der Waals surface area contributed by atoms with Gasteiger partial charge in [-0.25, -0.2) is 4.39 Å². The first-order valence-corrected chi connectivity index (χ1v) is 8.84. The van der Waals surface area contributed by atoms with Crippen molar-refractivity contribution in [2.75, 3.05) is 5.32 Å². The Morgan fingerprint density at radius 1 is 0.931 bits per heavy atom. The molecule has 0 saturated heterocycles. The third kappa shape index (κ3) is 5.10. The van der Waals surface area contributed by atoms with Gasteiger partial charge in [0.05, 0.1) is 0 Å². The Morgan fingerprint density at radius 2 is 1.72 bits per heavy atom. The van der Waals surface area contributed by atoms with Crippen LogP contribution in [0.2, 0.25) is 0 Å². The Bertz CT molecular complexity index is 1080. The van der Waals surface area contributed by atoms with Crippen LogP contribution in [0.15, 0.2) is 66.9 Å². The highest BCUT2D eigenvalue weighted by Gasteiger charge is 2.13. The molecule has 2 aromatic carbocycles. The van der Waals surface area contributed by atoms with Crippen molar-refractivity contribution in [1.29, 1.82) is 0 Å². The molecular formula is C22H18FN3O3. The van der Waals surface area contributed by atoms with E-state index >= 15 is 0 Å². The minimum atomic E-state index is -0.519. The summed E-state index contributed by atoms with van der Waals surface area (Å²) < 4.78 is 13.7. The third-order valence-corrected chi connectivity index (χ3v) is 4.18. The second-order valence-electron chi connectivity index (χ2n) is 6.29. The van der Waals surface area contributed by atoms with E-state index in [1.54, 1.807) is 42.5 Å². The fraction of sp³-hybridized carbons (Fsp3) is 0.0909. The Kier molecular flexibility index (Phi) is 6.09. The highest BCUT2D eigenvalue weighted by molar-refractivity contribution is 6.05. The van der Waals surface area contributed by atoms with Gasteiger partial charge in [-0.05, 0) is 37.3 Å².